The average molecular weight is 376 g/mol. The van der Waals surface area contributed by atoms with Crippen molar-refractivity contribution in [1.29, 1.82) is 0 Å². The van der Waals surface area contributed by atoms with Crippen LogP contribution in [-0.4, -0.2) is 80.7 Å². The monoisotopic (exact) mass is 376 g/mol. The number of hydrogen-bond donors (Lipinski definition) is 2. The number of carbonyl (C=O) groups excluding carboxylic acids is 1. The number of methoxy groups -OCH3 is 1. The molecule has 7 nitrogen and oxygen atoms in total. The van der Waals surface area contributed by atoms with E-state index in [4.69, 9.17) is 14.2 Å². The molecule has 0 aromatic heterocycles. The minimum absolute atomic E-state index is 0.0827. The first-order chi connectivity index (χ1) is 13.1. The number of benzene rings is 1. The third kappa shape index (κ3) is 4.27. The molecule has 1 aromatic rings. The van der Waals surface area contributed by atoms with Crippen molar-refractivity contribution in [1.82, 2.24) is 10.2 Å². The Morgan fingerprint density at radius 1 is 1.30 bits per heavy atom. The highest BCUT2D eigenvalue weighted by molar-refractivity contribution is 5.74. The zero-order chi connectivity index (χ0) is 18.8. The highest BCUT2D eigenvalue weighted by Crippen LogP contribution is 2.24. The molecule has 1 aromatic carbocycles. The number of carbonyl (C=O) groups is 1. The molecule has 7 heteroatoms. The third-order valence-corrected chi connectivity index (χ3v) is 5.75. The highest BCUT2D eigenvalue weighted by Gasteiger charge is 2.42. The van der Waals surface area contributed by atoms with E-state index in [2.05, 4.69) is 10.2 Å². The predicted molar refractivity (Wildman–Crippen MR) is 98.6 cm³/mol. The van der Waals surface area contributed by atoms with Crippen molar-refractivity contribution in [2.45, 2.75) is 24.7 Å². The molecular weight excluding hydrogens is 348 g/mol. The number of aliphatic hydroxyl groups excluding tert-OH is 1. The fraction of sp³-hybridized carbons (Fsp3) is 0.650. The fourth-order valence-electron chi connectivity index (χ4n) is 3.99. The average Bonchev–Trinajstić information content (AvgIpc) is 2.93. The van der Waals surface area contributed by atoms with Crippen molar-refractivity contribution in [3.8, 4) is 5.75 Å². The molecule has 0 spiro atoms. The van der Waals surface area contributed by atoms with E-state index in [1.807, 2.05) is 24.3 Å². The Kier molecular flexibility index (Phi) is 5.63. The van der Waals surface area contributed by atoms with E-state index in [1.54, 1.807) is 7.11 Å². The second-order valence-electron chi connectivity index (χ2n) is 7.85. The summed E-state index contributed by atoms with van der Waals surface area (Å²) in [6, 6.07) is 7.74. The number of nitrogens with one attached hydrogen (secondary N) is 1. The van der Waals surface area contributed by atoms with Crippen LogP contribution in [0.25, 0.3) is 0 Å². The Bertz CT molecular complexity index is 642. The van der Waals surface area contributed by atoms with Gasteiger partial charge in [0.25, 0.3) is 0 Å². The molecule has 0 aliphatic carbocycles. The lowest BCUT2D eigenvalue weighted by atomic mass is 9.96. The lowest BCUT2D eigenvalue weighted by Crippen LogP contribution is -2.55. The van der Waals surface area contributed by atoms with Gasteiger partial charge in [-0.3, -0.25) is 4.79 Å². The minimum atomic E-state index is -0.666. The first kappa shape index (κ1) is 18.7. The van der Waals surface area contributed by atoms with Crippen LogP contribution in [0.2, 0.25) is 0 Å². The molecule has 3 fully saturated rings. The van der Waals surface area contributed by atoms with Gasteiger partial charge < -0.3 is 29.5 Å². The standard InChI is InChI=1S/C20H28N2O5/c1-25-16-4-2-13(3-5-16)6-17-19(18(23)7-21-17)27-20(24)15-9-22(10-15)8-14-11-26-12-14/h2-5,14-15,17-19,21,23H,6-12H2,1H3/t17-,18+,19+/m1/s1. The number of likely N-dealkylation sites (tertiary alicyclic amines) is 1. The summed E-state index contributed by atoms with van der Waals surface area (Å²) in [6.45, 7) is 4.59. The molecule has 0 saturated carbocycles. The molecule has 0 bridgehead atoms. The molecule has 4 rings (SSSR count). The van der Waals surface area contributed by atoms with E-state index in [-0.39, 0.29) is 17.9 Å². The summed E-state index contributed by atoms with van der Waals surface area (Å²) >= 11 is 0. The third-order valence-electron chi connectivity index (χ3n) is 5.75. The number of β-amino-alcohol motifs (C(OH)–C–C–N with tert-alkyl or cyclic N) is 1. The Morgan fingerprint density at radius 2 is 2.04 bits per heavy atom. The van der Waals surface area contributed by atoms with Gasteiger partial charge in [-0.05, 0) is 24.1 Å². The van der Waals surface area contributed by atoms with Crippen molar-refractivity contribution in [3.05, 3.63) is 29.8 Å². The van der Waals surface area contributed by atoms with Crippen LogP contribution in [0, 0.1) is 11.8 Å². The second kappa shape index (κ2) is 8.14. The maximum atomic E-state index is 12.5. The molecule has 27 heavy (non-hydrogen) atoms. The van der Waals surface area contributed by atoms with Crippen molar-refractivity contribution in [2.24, 2.45) is 11.8 Å². The fourth-order valence-corrected chi connectivity index (χ4v) is 3.99. The van der Waals surface area contributed by atoms with E-state index < -0.39 is 12.2 Å². The summed E-state index contributed by atoms with van der Waals surface area (Å²) in [5.74, 6) is 1.14. The van der Waals surface area contributed by atoms with E-state index >= 15 is 0 Å². The Labute approximate surface area is 159 Å². The SMILES string of the molecule is COc1ccc(C[C@H]2NC[C@H](O)[C@H]2OC(=O)C2CN(CC3COC3)C2)cc1. The number of esters is 1. The van der Waals surface area contributed by atoms with Gasteiger partial charge in [0.15, 0.2) is 0 Å². The van der Waals surface area contributed by atoms with Crippen LogP contribution >= 0.6 is 0 Å². The first-order valence-electron chi connectivity index (χ1n) is 9.67. The second-order valence-corrected chi connectivity index (χ2v) is 7.85. The van der Waals surface area contributed by atoms with E-state index in [9.17, 15) is 9.90 Å². The van der Waals surface area contributed by atoms with Crippen LogP contribution < -0.4 is 10.1 Å². The number of aliphatic hydroxyl groups is 1. The van der Waals surface area contributed by atoms with Crippen molar-refractivity contribution in [2.75, 3.05) is 46.5 Å². The lowest BCUT2D eigenvalue weighted by Gasteiger charge is -2.42. The quantitative estimate of drug-likeness (QED) is 0.652. The van der Waals surface area contributed by atoms with Gasteiger partial charge in [0, 0.05) is 32.1 Å². The minimum Gasteiger partial charge on any atom is -0.497 e. The normalized spacial score (nSPS) is 29.2. The van der Waals surface area contributed by atoms with Crippen LogP contribution in [0.3, 0.4) is 0 Å². The van der Waals surface area contributed by atoms with Gasteiger partial charge in [0.05, 0.1) is 32.3 Å². The molecule has 0 radical (unpaired) electrons. The highest BCUT2D eigenvalue weighted by atomic mass is 16.6. The molecule has 3 atom stereocenters. The van der Waals surface area contributed by atoms with E-state index in [0.29, 0.717) is 18.9 Å². The van der Waals surface area contributed by atoms with Crippen LogP contribution in [0.5, 0.6) is 5.75 Å². The number of ether oxygens (including phenoxy) is 3. The van der Waals surface area contributed by atoms with Crippen molar-refractivity contribution >= 4 is 5.97 Å². The molecule has 0 amide bonds. The van der Waals surface area contributed by atoms with Crippen LogP contribution in [0.15, 0.2) is 24.3 Å². The van der Waals surface area contributed by atoms with Crippen LogP contribution in [0.1, 0.15) is 5.56 Å². The lowest BCUT2D eigenvalue weighted by molar-refractivity contribution is -0.166. The number of nitrogens with zero attached hydrogens (tertiary/aromatic N) is 1. The van der Waals surface area contributed by atoms with Gasteiger partial charge in [-0.15, -0.1) is 0 Å². The Morgan fingerprint density at radius 3 is 2.67 bits per heavy atom. The molecular formula is C20H28N2O5. The number of rotatable bonds is 7. The summed E-state index contributed by atoms with van der Waals surface area (Å²) in [5, 5.41) is 13.5. The van der Waals surface area contributed by atoms with Gasteiger partial charge in [-0.2, -0.15) is 0 Å². The van der Waals surface area contributed by atoms with Crippen molar-refractivity contribution < 1.29 is 24.1 Å². The molecule has 148 valence electrons. The summed E-state index contributed by atoms with van der Waals surface area (Å²) in [6.07, 6.45) is -0.480. The smallest absolute Gasteiger partial charge is 0.311 e. The first-order valence-corrected chi connectivity index (χ1v) is 9.67. The predicted octanol–water partition coefficient (Wildman–Crippen LogP) is 0.0604. The zero-order valence-corrected chi connectivity index (χ0v) is 15.7. The van der Waals surface area contributed by atoms with Gasteiger partial charge >= 0.3 is 5.97 Å². The Balaban J connectivity index is 1.27. The molecule has 3 heterocycles. The van der Waals surface area contributed by atoms with Crippen LogP contribution in [0.4, 0.5) is 0 Å². The molecule has 0 unspecified atom stereocenters. The summed E-state index contributed by atoms with van der Waals surface area (Å²) in [7, 11) is 1.64. The van der Waals surface area contributed by atoms with Gasteiger partial charge in [0.1, 0.15) is 18.0 Å². The van der Waals surface area contributed by atoms with E-state index in [0.717, 1.165) is 44.2 Å². The largest absolute Gasteiger partial charge is 0.497 e. The summed E-state index contributed by atoms with van der Waals surface area (Å²) in [4.78, 5) is 14.8. The zero-order valence-electron chi connectivity index (χ0n) is 15.7. The molecule has 3 saturated heterocycles. The Hall–Kier alpha value is -1.67. The number of hydrogen-bond acceptors (Lipinski definition) is 7. The van der Waals surface area contributed by atoms with E-state index in [1.165, 1.54) is 0 Å². The van der Waals surface area contributed by atoms with Gasteiger partial charge in [0.2, 0.25) is 0 Å². The molecule has 3 aliphatic heterocycles. The van der Waals surface area contributed by atoms with Crippen LogP contribution in [-0.2, 0) is 20.7 Å². The van der Waals surface area contributed by atoms with Crippen molar-refractivity contribution in [3.63, 3.8) is 0 Å². The molecule has 2 N–H and O–H groups in total. The summed E-state index contributed by atoms with van der Waals surface area (Å²) in [5.41, 5.74) is 1.11. The molecule has 3 aliphatic rings. The maximum Gasteiger partial charge on any atom is 0.311 e. The van der Waals surface area contributed by atoms with Gasteiger partial charge in [-0.1, -0.05) is 12.1 Å². The topological polar surface area (TPSA) is 80.3 Å². The van der Waals surface area contributed by atoms with Gasteiger partial charge in [-0.25, -0.2) is 0 Å². The summed E-state index contributed by atoms with van der Waals surface area (Å²) < 4.78 is 16.1. The maximum absolute atomic E-state index is 12.5.